The molecule has 3 rings (SSSR count). The maximum Gasteiger partial charge on any atom is 0.225 e. The Labute approximate surface area is 145 Å². The van der Waals surface area contributed by atoms with Gasteiger partial charge in [0.15, 0.2) is 0 Å². The van der Waals surface area contributed by atoms with Crippen LogP contribution in [0.25, 0.3) is 0 Å². The number of amides is 1. The molecule has 1 aromatic rings. The zero-order chi connectivity index (χ0) is 16.6. The number of nitrogens with zero attached hydrogens (tertiary/aromatic N) is 1. The van der Waals surface area contributed by atoms with Gasteiger partial charge in [-0.05, 0) is 55.7 Å². The predicted octanol–water partition coefficient (Wildman–Crippen LogP) is 3.70. The average molecular weight is 383 g/mol. The number of halogens is 2. The lowest BCUT2D eigenvalue weighted by atomic mass is 9.65. The summed E-state index contributed by atoms with van der Waals surface area (Å²) < 4.78 is 14.7. The third-order valence-corrected chi connectivity index (χ3v) is 6.05. The Bertz CT molecular complexity index is 580. The van der Waals surface area contributed by atoms with Crippen LogP contribution in [0.5, 0.6) is 0 Å². The van der Waals surface area contributed by atoms with E-state index in [1.165, 1.54) is 12.5 Å². The van der Waals surface area contributed by atoms with Gasteiger partial charge in [-0.25, -0.2) is 4.39 Å². The van der Waals surface area contributed by atoms with Crippen molar-refractivity contribution in [2.45, 2.75) is 44.7 Å². The van der Waals surface area contributed by atoms with E-state index in [2.05, 4.69) is 15.9 Å². The molecule has 2 unspecified atom stereocenters. The Kier molecular flexibility index (Phi) is 5.07. The maximum absolute atomic E-state index is 13.9. The first-order valence-electron chi connectivity index (χ1n) is 8.40. The zero-order valence-corrected chi connectivity index (χ0v) is 15.1. The summed E-state index contributed by atoms with van der Waals surface area (Å²) in [6, 6.07) is 5.11. The molecule has 2 N–H and O–H groups in total. The van der Waals surface area contributed by atoms with E-state index in [1.54, 1.807) is 24.1 Å². The Morgan fingerprint density at radius 3 is 2.65 bits per heavy atom. The molecular formula is C18H24BrFN2O. The molecule has 1 aromatic carbocycles. The van der Waals surface area contributed by atoms with Crippen LogP contribution < -0.4 is 5.73 Å². The molecule has 5 heteroatoms. The Balaban J connectivity index is 1.67. The maximum atomic E-state index is 13.9. The smallest absolute Gasteiger partial charge is 0.225 e. The van der Waals surface area contributed by atoms with Gasteiger partial charge in [-0.3, -0.25) is 4.79 Å². The van der Waals surface area contributed by atoms with Crippen molar-refractivity contribution < 1.29 is 9.18 Å². The molecule has 2 bridgehead atoms. The molecule has 2 fully saturated rings. The SMILES string of the molecule is CN(Cc1cc(Br)ccc1F)C(=O)C1CC2CCCC(C1)C2N. The number of hydrogen-bond acceptors (Lipinski definition) is 2. The molecule has 0 saturated heterocycles. The summed E-state index contributed by atoms with van der Waals surface area (Å²) in [5.41, 5.74) is 6.85. The summed E-state index contributed by atoms with van der Waals surface area (Å²) >= 11 is 3.36. The quantitative estimate of drug-likeness (QED) is 0.865. The fraction of sp³-hybridized carbons (Fsp3) is 0.611. The van der Waals surface area contributed by atoms with Crippen LogP contribution in [-0.4, -0.2) is 23.9 Å². The fourth-order valence-corrected chi connectivity index (χ4v) is 4.71. The van der Waals surface area contributed by atoms with E-state index in [4.69, 9.17) is 5.73 Å². The molecule has 0 spiro atoms. The molecule has 1 amide bonds. The summed E-state index contributed by atoms with van der Waals surface area (Å²) in [5.74, 6) is 0.869. The largest absolute Gasteiger partial charge is 0.341 e. The van der Waals surface area contributed by atoms with Gasteiger partial charge < -0.3 is 10.6 Å². The molecule has 2 saturated carbocycles. The Morgan fingerprint density at radius 1 is 1.35 bits per heavy atom. The van der Waals surface area contributed by atoms with Gasteiger partial charge in [0.05, 0.1) is 0 Å². The summed E-state index contributed by atoms with van der Waals surface area (Å²) in [4.78, 5) is 14.5. The van der Waals surface area contributed by atoms with Crippen LogP contribution >= 0.6 is 15.9 Å². The molecule has 0 aromatic heterocycles. The second-order valence-electron chi connectivity index (χ2n) is 7.13. The monoisotopic (exact) mass is 382 g/mol. The van der Waals surface area contributed by atoms with Gasteiger partial charge in [-0.2, -0.15) is 0 Å². The Morgan fingerprint density at radius 2 is 2.00 bits per heavy atom. The number of nitrogens with two attached hydrogens (primary N) is 1. The van der Waals surface area contributed by atoms with E-state index in [0.29, 0.717) is 23.9 Å². The lowest BCUT2D eigenvalue weighted by molar-refractivity contribution is -0.137. The minimum atomic E-state index is -0.268. The number of rotatable bonds is 3. The van der Waals surface area contributed by atoms with Crippen molar-refractivity contribution in [3.63, 3.8) is 0 Å². The molecule has 2 atom stereocenters. The van der Waals surface area contributed by atoms with Crippen molar-refractivity contribution in [3.05, 3.63) is 34.1 Å². The summed E-state index contributed by atoms with van der Waals surface area (Å²) in [7, 11) is 1.77. The highest BCUT2D eigenvalue weighted by Gasteiger charge is 2.41. The number of carbonyl (C=O) groups is 1. The first-order chi connectivity index (χ1) is 11.0. The highest BCUT2D eigenvalue weighted by atomic mass is 79.9. The number of hydrogen-bond donors (Lipinski definition) is 1. The number of carbonyl (C=O) groups excluding carboxylic acids is 1. The summed E-state index contributed by atoms with van der Waals surface area (Å²) in [6.45, 7) is 0.308. The van der Waals surface area contributed by atoms with E-state index in [1.807, 2.05) is 0 Å². The number of benzene rings is 1. The molecule has 0 aliphatic heterocycles. The van der Waals surface area contributed by atoms with Crippen molar-refractivity contribution >= 4 is 21.8 Å². The van der Waals surface area contributed by atoms with Gasteiger partial charge in [0.2, 0.25) is 5.91 Å². The molecule has 0 radical (unpaired) electrons. The molecule has 2 aliphatic carbocycles. The molecule has 0 heterocycles. The van der Waals surface area contributed by atoms with Crippen molar-refractivity contribution in [3.8, 4) is 0 Å². The lowest BCUT2D eigenvalue weighted by Gasteiger charge is -2.44. The van der Waals surface area contributed by atoms with Crippen LogP contribution in [0.2, 0.25) is 0 Å². The minimum Gasteiger partial charge on any atom is -0.341 e. The predicted molar refractivity (Wildman–Crippen MR) is 92.1 cm³/mol. The number of fused-ring (bicyclic) bond motifs is 2. The average Bonchev–Trinajstić information content (AvgIpc) is 2.50. The molecular weight excluding hydrogens is 359 g/mol. The third kappa shape index (κ3) is 3.61. The van der Waals surface area contributed by atoms with E-state index < -0.39 is 0 Å². The van der Waals surface area contributed by atoms with Crippen molar-refractivity contribution in [2.75, 3.05) is 7.05 Å². The van der Waals surface area contributed by atoms with Crippen LogP contribution in [0.1, 0.15) is 37.7 Å². The van der Waals surface area contributed by atoms with E-state index in [-0.39, 0.29) is 23.7 Å². The minimum absolute atomic E-state index is 0.0466. The van der Waals surface area contributed by atoms with Crippen LogP contribution in [0.15, 0.2) is 22.7 Å². The molecule has 23 heavy (non-hydrogen) atoms. The molecule has 3 nitrogen and oxygen atoms in total. The van der Waals surface area contributed by atoms with Gasteiger partial charge in [-0.1, -0.05) is 22.4 Å². The van der Waals surface area contributed by atoms with Crippen molar-refractivity contribution in [2.24, 2.45) is 23.5 Å². The van der Waals surface area contributed by atoms with E-state index >= 15 is 0 Å². The molecule has 126 valence electrons. The van der Waals surface area contributed by atoms with Crippen LogP contribution in [0.3, 0.4) is 0 Å². The molecule has 2 aliphatic rings. The van der Waals surface area contributed by atoms with Gasteiger partial charge >= 0.3 is 0 Å². The summed E-state index contributed by atoms with van der Waals surface area (Å²) in [6.07, 6.45) is 5.31. The van der Waals surface area contributed by atoms with Gasteiger partial charge in [-0.15, -0.1) is 0 Å². The van der Waals surface area contributed by atoms with Crippen LogP contribution in [0.4, 0.5) is 4.39 Å². The first-order valence-corrected chi connectivity index (χ1v) is 9.19. The first kappa shape index (κ1) is 16.9. The van der Waals surface area contributed by atoms with Crippen molar-refractivity contribution in [1.29, 1.82) is 0 Å². The normalized spacial score (nSPS) is 30.1. The highest BCUT2D eigenvalue weighted by molar-refractivity contribution is 9.10. The summed E-state index contributed by atoms with van der Waals surface area (Å²) in [5, 5.41) is 0. The van der Waals surface area contributed by atoms with Gasteiger partial charge in [0, 0.05) is 35.6 Å². The second kappa shape index (κ2) is 6.89. The van der Waals surface area contributed by atoms with E-state index in [9.17, 15) is 9.18 Å². The van der Waals surface area contributed by atoms with Crippen LogP contribution in [0, 0.1) is 23.6 Å². The third-order valence-electron chi connectivity index (χ3n) is 5.55. The van der Waals surface area contributed by atoms with E-state index in [0.717, 1.165) is 30.2 Å². The topological polar surface area (TPSA) is 46.3 Å². The Hall–Kier alpha value is -0.940. The van der Waals surface area contributed by atoms with Gasteiger partial charge in [0.25, 0.3) is 0 Å². The van der Waals surface area contributed by atoms with Gasteiger partial charge in [0.1, 0.15) is 5.82 Å². The zero-order valence-electron chi connectivity index (χ0n) is 13.5. The fourth-order valence-electron chi connectivity index (χ4n) is 4.30. The second-order valence-corrected chi connectivity index (χ2v) is 8.04. The van der Waals surface area contributed by atoms with Crippen molar-refractivity contribution in [1.82, 2.24) is 4.90 Å². The van der Waals surface area contributed by atoms with Crippen LogP contribution in [-0.2, 0) is 11.3 Å². The highest BCUT2D eigenvalue weighted by Crippen LogP contribution is 2.42. The lowest BCUT2D eigenvalue weighted by Crippen LogP contribution is -2.49. The standard InChI is InChI=1S/C18H24BrFN2O/c1-22(10-14-9-15(19)5-6-16(14)20)18(23)13-7-11-3-2-4-12(8-13)17(11)21/h5-6,9,11-13,17H,2-4,7-8,10,21H2,1H3.